The number of nitrogens with one attached hydrogen (secondary N) is 2. The Morgan fingerprint density at radius 2 is 2.47 bits per heavy atom. The van der Waals surface area contributed by atoms with Gasteiger partial charge in [-0.15, -0.1) is 10.2 Å². The maximum Gasteiger partial charge on any atom is 0.231 e. The number of hydrogen-bond acceptors (Lipinski definition) is 6. The van der Waals surface area contributed by atoms with Crippen LogP contribution in [-0.4, -0.2) is 39.0 Å². The fourth-order valence-corrected chi connectivity index (χ4v) is 2.81. The second-order valence-electron chi connectivity index (χ2n) is 4.55. The van der Waals surface area contributed by atoms with Crippen molar-refractivity contribution in [3.63, 3.8) is 0 Å². The number of aromatic nitrogens is 4. The minimum atomic E-state index is -0.104. The van der Waals surface area contributed by atoms with Gasteiger partial charge in [0, 0.05) is 32.3 Å². The Bertz CT molecular complexity index is 566. The average molecular weight is 278 g/mol. The Hall–Kier alpha value is -1.80. The summed E-state index contributed by atoms with van der Waals surface area (Å²) in [6, 6.07) is 0. The summed E-state index contributed by atoms with van der Waals surface area (Å²) in [5.41, 5.74) is 2.69. The van der Waals surface area contributed by atoms with E-state index in [0.717, 1.165) is 12.1 Å². The molecule has 19 heavy (non-hydrogen) atoms. The van der Waals surface area contributed by atoms with Crippen LogP contribution in [0.4, 0.5) is 5.13 Å². The minimum Gasteiger partial charge on any atom is -0.315 e. The van der Waals surface area contributed by atoms with Gasteiger partial charge < -0.3 is 10.6 Å². The Morgan fingerprint density at radius 1 is 1.58 bits per heavy atom. The van der Waals surface area contributed by atoms with Gasteiger partial charge in [0.15, 0.2) is 0 Å². The van der Waals surface area contributed by atoms with Crippen LogP contribution in [0.1, 0.15) is 11.5 Å². The quantitative estimate of drug-likeness (QED) is 0.838. The Balaban J connectivity index is 1.74. The lowest BCUT2D eigenvalue weighted by Gasteiger charge is -2.15. The van der Waals surface area contributed by atoms with Crippen molar-refractivity contribution in [3.8, 4) is 0 Å². The van der Waals surface area contributed by atoms with Crippen molar-refractivity contribution in [3.05, 3.63) is 23.5 Å². The molecule has 8 heteroatoms. The Morgan fingerprint density at radius 3 is 3.16 bits per heavy atom. The number of carbonyl (C=O) groups is 1. The molecule has 7 nitrogen and oxygen atoms in total. The topological polar surface area (TPSA) is 84.7 Å². The van der Waals surface area contributed by atoms with Crippen LogP contribution < -0.4 is 10.6 Å². The molecule has 0 aliphatic carbocycles. The molecule has 1 aliphatic rings. The molecule has 1 amide bonds. The first-order valence-corrected chi connectivity index (χ1v) is 6.88. The lowest BCUT2D eigenvalue weighted by molar-refractivity contribution is -0.119. The van der Waals surface area contributed by atoms with Crippen LogP contribution in [0.2, 0.25) is 0 Å². The molecule has 1 saturated heterocycles. The zero-order chi connectivity index (χ0) is 13.2. The molecular formula is C11H14N6OS. The average Bonchev–Trinajstić information content (AvgIpc) is 3.07. The fraction of sp³-hybridized carbons (Fsp3) is 0.455. The Kier molecular flexibility index (Phi) is 3.26. The number of nitrogens with zero attached hydrogens (tertiary/aromatic N) is 4. The third-order valence-corrected chi connectivity index (χ3v) is 3.90. The van der Waals surface area contributed by atoms with Gasteiger partial charge in [0.05, 0.1) is 12.1 Å². The SMILES string of the molecule is Cn1cc([C@H]2CNC[C@@H]2C(=O)Nc2nncs2)cn1. The first-order chi connectivity index (χ1) is 9.24. The third kappa shape index (κ3) is 2.49. The molecule has 100 valence electrons. The lowest BCUT2D eigenvalue weighted by atomic mass is 9.90. The zero-order valence-corrected chi connectivity index (χ0v) is 11.2. The van der Waals surface area contributed by atoms with Crippen LogP contribution in [0.15, 0.2) is 17.9 Å². The van der Waals surface area contributed by atoms with Gasteiger partial charge in [0.1, 0.15) is 5.51 Å². The smallest absolute Gasteiger partial charge is 0.231 e. The second-order valence-corrected chi connectivity index (χ2v) is 5.38. The standard InChI is InChI=1S/C11H14N6OS/c1-17-5-7(2-14-17)8-3-12-4-9(8)10(18)15-11-16-13-6-19-11/h2,5-6,8-9,12H,3-4H2,1H3,(H,15,16,18)/t8-,9+/m1/s1. The molecule has 2 aromatic rings. The molecule has 0 bridgehead atoms. The molecule has 0 spiro atoms. The van der Waals surface area contributed by atoms with E-state index in [1.165, 1.54) is 11.3 Å². The van der Waals surface area contributed by atoms with E-state index in [2.05, 4.69) is 25.9 Å². The van der Waals surface area contributed by atoms with E-state index in [0.29, 0.717) is 11.7 Å². The van der Waals surface area contributed by atoms with Crippen molar-refractivity contribution in [2.24, 2.45) is 13.0 Å². The van der Waals surface area contributed by atoms with E-state index < -0.39 is 0 Å². The van der Waals surface area contributed by atoms with Gasteiger partial charge in [-0.25, -0.2) is 0 Å². The predicted octanol–water partition coefficient (Wildman–Crippen LogP) is 0.213. The summed E-state index contributed by atoms with van der Waals surface area (Å²) in [7, 11) is 1.88. The summed E-state index contributed by atoms with van der Waals surface area (Å²) in [4.78, 5) is 12.3. The molecule has 0 aromatic carbocycles. The summed E-state index contributed by atoms with van der Waals surface area (Å²) < 4.78 is 1.76. The van der Waals surface area contributed by atoms with Gasteiger partial charge in [-0.3, -0.25) is 9.48 Å². The largest absolute Gasteiger partial charge is 0.315 e. The van der Waals surface area contributed by atoms with E-state index >= 15 is 0 Å². The molecule has 3 rings (SSSR count). The van der Waals surface area contributed by atoms with Gasteiger partial charge in [-0.05, 0) is 5.56 Å². The van der Waals surface area contributed by atoms with Crippen molar-refractivity contribution >= 4 is 22.4 Å². The van der Waals surface area contributed by atoms with E-state index in [-0.39, 0.29) is 17.7 Å². The van der Waals surface area contributed by atoms with E-state index in [1.54, 1.807) is 10.2 Å². The van der Waals surface area contributed by atoms with E-state index in [4.69, 9.17) is 0 Å². The summed E-state index contributed by atoms with van der Waals surface area (Å²) in [6.45, 7) is 1.46. The van der Waals surface area contributed by atoms with Crippen LogP contribution >= 0.6 is 11.3 Å². The molecule has 0 saturated carbocycles. The molecule has 2 atom stereocenters. The number of hydrogen-bond donors (Lipinski definition) is 2. The Labute approximate surface area is 114 Å². The number of carbonyl (C=O) groups excluding carboxylic acids is 1. The molecule has 0 unspecified atom stereocenters. The summed E-state index contributed by atoms with van der Waals surface area (Å²) in [5, 5.41) is 18.3. The van der Waals surface area contributed by atoms with Crippen LogP contribution in [0.3, 0.4) is 0 Å². The molecule has 2 aromatic heterocycles. The third-order valence-electron chi connectivity index (χ3n) is 3.29. The molecule has 0 radical (unpaired) electrons. The van der Waals surface area contributed by atoms with Gasteiger partial charge in [0.2, 0.25) is 11.0 Å². The monoisotopic (exact) mass is 278 g/mol. The predicted molar refractivity (Wildman–Crippen MR) is 70.8 cm³/mol. The number of aryl methyl sites for hydroxylation is 1. The van der Waals surface area contributed by atoms with Crippen molar-refractivity contribution in [1.29, 1.82) is 0 Å². The van der Waals surface area contributed by atoms with Gasteiger partial charge in [-0.1, -0.05) is 11.3 Å². The highest BCUT2D eigenvalue weighted by Gasteiger charge is 2.34. The van der Waals surface area contributed by atoms with Gasteiger partial charge in [0.25, 0.3) is 0 Å². The minimum absolute atomic E-state index is 0.0180. The number of rotatable bonds is 3. The summed E-state index contributed by atoms with van der Waals surface area (Å²) in [5.74, 6) is 0.0327. The fourth-order valence-electron chi connectivity index (χ4n) is 2.36. The van der Waals surface area contributed by atoms with Crippen LogP contribution in [0, 0.1) is 5.92 Å². The highest BCUT2D eigenvalue weighted by molar-refractivity contribution is 7.13. The summed E-state index contributed by atoms with van der Waals surface area (Å²) in [6.07, 6.45) is 3.78. The maximum atomic E-state index is 12.3. The second kappa shape index (κ2) is 5.06. The van der Waals surface area contributed by atoms with Crippen LogP contribution in [-0.2, 0) is 11.8 Å². The highest BCUT2D eigenvalue weighted by atomic mass is 32.1. The van der Waals surface area contributed by atoms with E-state index in [9.17, 15) is 4.79 Å². The molecule has 2 N–H and O–H groups in total. The van der Waals surface area contributed by atoms with Crippen LogP contribution in [0.25, 0.3) is 0 Å². The molecule has 1 fully saturated rings. The van der Waals surface area contributed by atoms with Crippen molar-refractivity contribution in [1.82, 2.24) is 25.3 Å². The van der Waals surface area contributed by atoms with Crippen molar-refractivity contribution in [2.75, 3.05) is 18.4 Å². The highest BCUT2D eigenvalue weighted by Crippen LogP contribution is 2.28. The molecule has 1 aliphatic heterocycles. The summed E-state index contributed by atoms with van der Waals surface area (Å²) >= 11 is 1.32. The van der Waals surface area contributed by atoms with Crippen molar-refractivity contribution < 1.29 is 4.79 Å². The van der Waals surface area contributed by atoms with E-state index in [1.807, 2.05) is 19.4 Å². The molecular weight excluding hydrogens is 264 g/mol. The van der Waals surface area contributed by atoms with Crippen molar-refractivity contribution in [2.45, 2.75) is 5.92 Å². The van der Waals surface area contributed by atoms with Gasteiger partial charge in [-0.2, -0.15) is 5.10 Å². The first kappa shape index (κ1) is 12.2. The number of anilines is 1. The number of amides is 1. The molecule has 3 heterocycles. The zero-order valence-electron chi connectivity index (χ0n) is 10.4. The maximum absolute atomic E-state index is 12.3. The normalized spacial score (nSPS) is 22.6. The first-order valence-electron chi connectivity index (χ1n) is 6.00. The lowest BCUT2D eigenvalue weighted by Crippen LogP contribution is -2.28. The van der Waals surface area contributed by atoms with Gasteiger partial charge >= 0.3 is 0 Å². The van der Waals surface area contributed by atoms with Crippen LogP contribution in [0.5, 0.6) is 0 Å².